The van der Waals surface area contributed by atoms with Crippen molar-refractivity contribution in [1.29, 1.82) is 0 Å². The lowest BCUT2D eigenvalue weighted by Crippen LogP contribution is -2.42. The average Bonchev–Trinajstić information content (AvgIpc) is 2.68. The van der Waals surface area contributed by atoms with Gasteiger partial charge in [-0.05, 0) is 37.2 Å². The zero-order chi connectivity index (χ0) is 20.1. The minimum Gasteiger partial charge on any atom is -0.354 e. The highest BCUT2D eigenvalue weighted by Gasteiger charge is 2.30. The molecule has 2 atom stereocenters. The van der Waals surface area contributed by atoms with E-state index in [-0.39, 0.29) is 30.3 Å². The molecule has 5 nitrogen and oxygen atoms in total. The van der Waals surface area contributed by atoms with Crippen LogP contribution in [0, 0.1) is 0 Å². The van der Waals surface area contributed by atoms with Crippen molar-refractivity contribution in [3.05, 3.63) is 71.3 Å². The molecule has 2 amide bonds. The molecule has 1 aliphatic rings. The van der Waals surface area contributed by atoms with Crippen molar-refractivity contribution in [1.82, 2.24) is 15.1 Å². The molecule has 0 saturated carbocycles. The number of nitrogens with zero attached hydrogens (tertiary/aromatic N) is 2. The molecule has 5 heteroatoms. The monoisotopic (exact) mass is 379 g/mol. The molecule has 28 heavy (non-hydrogen) atoms. The molecule has 1 aliphatic heterocycles. The van der Waals surface area contributed by atoms with Crippen molar-refractivity contribution in [3.8, 4) is 0 Å². The van der Waals surface area contributed by atoms with Crippen LogP contribution < -0.4 is 5.32 Å². The van der Waals surface area contributed by atoms with Crippen LogP contribution in [0.2, 0.25) is 0 Å². The quantitative estimate of drug-likeness (QED) is 0.840. The lowest BCUT2D eigenvalue weighted by molar-refractivity contribution is -0.133. The number of nitrogens with one attached hydrogen (secondary N) is 1. The highest BCUT2D eigenvalue weighted by atomic mass is 16.2. The van der Waals surface area contributed by atoms with Crippen LogP contribution in [0.5, 0.6) is 0 Å². The summed E-state index contributed by atoms with van der Waals surface area (Å²) in [6.07, 6.45) is 1.12. The van der Waals surface area contributed by atoms with Gasteiger partial charge in [-0.1, -0.05) is 54.6 Å². The molecule has 3 rings (SSSR count). The predicted octanol–water partition coefficient (Wildman–Crippen LogP) is 2.94. The van der Waals surface area contributed by atoms with Crippen LogP contribution in [0.4, 0.5) is 0 Å². The largest absolute Gasteiger partial charge is 0.354 e. The molecular formula is C23H29N3O2. The Morgan fingerprint density at radius 2 is 1.79 bits per heavy atom. The van der Waals surface area contributed by atoms with Crippen LogP contribution in [0.3, 0.4) is 0 Å². The molecule has 0 fully saturated rings. The third-order valence-corrected chi connectivity index (χ3v) is 5.50. The van der Waals surface area contributed by atoms with Gasteiger partial charge in [0.1, 0.15) is 0 Å². The van der Waals surface area contributed by atoms with Crippen LogP contribution in [0.15, 0.2) is 54.6 Å². The molecule has 0 aliphatic carbocycles. The summed E-state index contributed by atoms with van der Waals surface area (Å²) in [5, 5.41) is 3.08. The van der Waals surface area contributed by atoms with E-state index >= 15 is 0 Å². The van der Waals surface area contributed by atoms with E-state index in [1.165, 1.54) is 11.1 Å². The van der Waals surface area contributed by atoms with E-state index in [4.69, 9.17) is 0 Å². The summed E-state index contributed by atoms with van der Waals surface area (Å²) in [6, 6.07) is 18.2. The average molecular weight is 380 g/mol. The molecule has 2 aromatic carbocycles. The van der Waals surface area contributed by atoms with E-state index in [9.17, 15) is 9.59 Å². The molecule has 1 N–H and O–H groups in total. The third-order valence-electron chi connectivity index (χ3n) is 5.50. The van der Waals surface area contributed by atoms with E-state index in [1.807, 2.05) is 55.4 Å². The minimum atomic E-state index is -0.197. The smallest absolute Gasteiger partial charge is 0.222 e. The molecule has 2 aromatic rings. The van der Waals surface area contributed by atoms with Gasteiger partial charge in [0.2, 0.25) is 11.8 Å². The van der Waals surface area contributed by atoms with Gasteiger partial charge in [0, 0.05) is 20.0 Å². The fraction of sp³-hybridized carbons (Fsp3) is 0.391. The molecule has 0 saturated heterocycles. The first kappa shape index (κ1) is 20.1. The molecule has 0 bridgehead atoms. The maximum Gasteiger partial charge on any atom is 0.222 e. The van der Waals surface area contributed by atoms with Gasteiger partial charge in [-0.25, -0.2) is 0 Å². The lowest BCUT2D eigenvalue weighted by atomic mass is 9.90. The van der Waals surface area contributed by atoms with Gasteiger partial charge >= 0.3 is 0 Å². The van der Waals surface area contributed by atoms with Crippen molar-refractivity contribution < 1.29 is 9.59 Å². The topological polar surface area (TPSA) is 52.7 Å². The molecule has 0 radical (unpaired) electrons. The van der Waals surface area contributed by atoms with Gasteiger partial charge in [-0.15, -0.1) is 0 Å². The van der Waals surface area contributed by atoms with E-state index in [1.54, 1.807) is 6.92 Å². The van der Waals surface area contributed by atoms with Crippen molar-refractivity contribution in [2.24, 2.45) is 0 Å². The minimum absolute atomic E-state index is 0.0164. The van der Waals surface area contributed by atoms with E-state index in [0.717, 1.165) is 12.0 Å². The number of carbonyl (C=O) groups excluding carboxylic acids is 2. The van der Waals surface area contributed by atoms with Gasteiger partial charge in [0.25, 0.3) is 0 Å². The highest BCUT2D eigenvalue weighted by Crippen LogP contribution is 2.32. The van der Waals surface area contributed by atoms with Gasteiger partial charge < -0.3 is 15.1 Å². The molecule has 0 spiro atoms. The highest BCUT2D eigenvalue weighted by molar-refractivity contribution is 5.79. The van der Waals surface area contributed by atoms with Crippen LogP contribution in [0.25, 0.3) is 0 Å². The lowest BCUT2D eigenvalue weighted by Gasteiger charge is -2.36. The van der Waals surface area contributed by atoms with Gasteiger partial charge in [-0.3, -0.25) is 9.59 Å². The number of likely N-dealkylation sites (N-methyl/N-ethyl adjacent to an activating group) is 1. The van der Waals surface area contributed by atoms with E-state index in [0.29, 0.717) is 13.1 Å². The standard InChI is InChI=1S/C23H29N3O2/c1-17(27)26-14-13-18-9-7-8-12-20(18)21(26)15-23(28)24-16-22(25(2)3)19-10-5-4-6-11-19/h4-12,21-22H,13-16H2,1-3H3,(H,24,28). The zero-order valence-electron chi connectivity index (χ0n) is 16.9. The predicted molar refractivity (Wildman–Crippen MR) is 111 cm³/mol. The molecule has 2 unspecified atom stereocenters. The van der Waals surface area contributed by atoms with Gasteiger partial charge in [0.15, 0.2) is 0 Å². The third kappa shape index (κ3) is 4.60. The Labute approximate surface area is 167 Å². The number of fused-ring (bicyclic) bond motifs is 1. The number of amides is 2. The molecule has 1 heterocycles. The van der Waals surface area contributed by atoms with Gasteiger partial charge in [-0.2, -0.15) is 0 Å². The summed E-state index contributed by atoms with van der Waals surface area (Å²) in [5.41, 5.74) is 3.49. The zero-order valence-corrected chi connectivity index (χ0v) is 16.9. The first-order chi connectivity index (χ1) is 13.5. The molecule has 0 aromatic heterocycles. The Bertz CT molecular complexity index is 820. The van der Waals surface area contributed by atoms with Crippen molar-refractivity contribution in [2.75, 3.05) is 27.2 Å². The van der Waals surface area contributed by atoms with Crippen molar-refractivity contribution in [3.63, 3.8) is 0 Å². The van der Waals surface area contributed by atoms with E-state index < -0.39 is 0 Å². The Morgan fingerprint density at radius 3 is 2.46 bits per heavy atom. The van der Waals surface area contributed by atoms with Gasteiger partial charge in [0.05, 0.1) is 18.5 Å². The van der Waals surface area contributed by atoms with Crippen molar-refractivity contribution in [2.45, 2.75) is 31.8 Å². The second-order valence-corrected chi connectivity index (χ2v) is 7.58. The SMILES string of the molecule is CC(=O)N1CCc2ccccc2C1CC(=O)NCC(c1ccccc1)N(C)C. The van der Waals surface area contributed by atoms with Crippen LogP contribution >= 0.6 is 0 Å². The maximum atomic E-state index is 12.8. The van der Waals surface area contributed by atoms with Crippen molar-refractivity contribution >= 4 is 11.8 Å². The Kier molecular flexibility index (Phi) is 6.47. The summed E-state index contributed by atoms with van der Waals surface area (Å²) in [6.45, 7) is 2.77. The van der Waals surface area contributed by atoms with Crippen LogP contribution in [-0.2, 0) is 16.0 Å². The number of hydrogen-bond donors (Lipinski definition) is 1. The summed E-state index contributed by atoms with van der Waals surface area (Å²) < 4.78 is 0. The Hall–Kier alpha value is -2.66. The summed E-state index contributed by atoms with van der Waals surface area (Å²) in [7, 11) is 4.03. The van der Waals surface area contributed by atoms with Crippen LogP contribution in [-0.4, -0.2) is 48.8 Å². The fourth-order valence-electron chi connectivity index (χ4n) is 3.98. The maximum absolute atomic E-state index is 12.8. The van der Waals surface area contributed by atoms with Crippen LogP contribution in [0.1, 0.15) is 42.1 Å². The Morgan fingerprint density at radius 1 is 1.11 bits per heavy atom. The molecular weight excluding hydrogens is 350 g/mol. The second-order valence-electron chi connectivity index (χ2n) is 7.58. The normalized spacial score (nSPS) is 17.1. The second kappa shape index (κ2) is 9.02. The number of carbonyl (C=O) groups is 2. The number of benzene rings is 2. The summed E-state index contributed by atoms with van der Waals surface area (Å²) in [4.78, 5) is 28.8. The number of hydrogen-bond acceptors (Lipinski definition) is 3. The Balaban J connectivity index is 1.70. The summed E-state index contributed by atoms with van der Waals surface area (Å²) in [5.74, 6) is -0.0153. The number of rotatable bonds is 6. The first-order valence-corrected chi connectivity index (χ1v) is 9.80. The first-order valence-electron chi connectivity index (χ1n) is 9.80. The van der Waals surface area contributed by atoms with E-state index in [2.05, 4.69) is 28.4 Å². The molecule has 148 valence electrons. The fourth-order valence-corrected chi connectivity index (χ4v) is 3.98. The summed E-state index contributed by atoms with van der Waals surface area (Å²) >= 11 is 0.